The summed E-state index contributed by atoms with van der Waals surface area (Å²) in [6.07, 6.45) is 3.41. The Bertz CT molecular complexity index is 437. The van der Waals surface area contributed by atoms with E-state index < -0.39 is 0 Å². The maximum atomic E-state index is 9.81. The summed E-state index contributed by atoms with van der Waals surface area (Å²) >= 11 is 0. The van der Waals surface area contributed by atoms with Crippen LogP contribution in [0.25, 0.3) is 0 Å². The molecule has 1 aromatic rings. The van der Waals surface area contributed by atoms with Crippen molar-refractivity contribution >= 4 is 11.6 Å². The summed E-state index contributed by atoms with van der Waals surface area (Å²) in [6.45, 7) is 5.61. The molecule has 106 valence electrons. The third-order valence-corrected chi connectivity index (χ3v) is 3.47. The van der Waals surface area contributed by atoms with E-state index in [0.717, 1.165) is 49.4 Å². The predicted molar refractivity (Wildman–Crippen MR) is 76.0 cm³/mol. The Hall–Kier alpha value is -1.40. The second kappa shape index (κ2) is 6.16. The first-order valence-electron chi connectivity index (χ1n) is 6.92. The molecule has 1 aliphatic rings. The van der Waals surface area contributed by atoms with Gasteiger partial charge in [-0.15, -0.1) is 0 Å². The molecular weight excluding hydrogens is 242 g/mol. The third kappa shape index (κ3) is 3.13. The van der Waals surface area contributed by atoms with Crippen molar-refractivity contribution in [1.82, 2.24) is 9.97 Å². The maximum Gasteiger partial charge on any atom is 0.148 e. The van der Waals surface area contributed by atoms with E-state index in [-0.39, 0.29) is 6.10 Å². The van der Waals surface area contributed by atoms with Crippen molar-refractivity contribution in [1.29, 1.82) is 0 Å². The Balaban J connectivity index is 2.33. The van der Waals surface area contributed by atoms with E-state index >= 15 is 0 Å². The number of nitrogens with two attached hydrogens (primary N) is 1. The lowest BCUT2D eigenvalue weighted by atomic mass is 10.1. The van der Waals surface area contributed by atoms with Crippen molar-refractivity contribution in [2.75, 3.05) is 23.4 Å². The molecule has 0 saturated carbocycles. The van der Waals surface area contributed by atoms with E-state index in [9.17, 15) is 5.11 Å². The van der Waals surface area contributed by atoms with Gasteiger partial charge in [0.15, 0.2) is 0 Å². The molecule has 1 atom stereocenters. The van der Waals surface area contributed by atoms with Gasteiger partial charge in [-0.25, -0.2) is 15.8 Å². The van der Waals surface area contributed by atoms with Crippen LogP contribution >= 0.6 is 0 Å². The minimum atomic E-state index is -0.271. The van der Waals surface area contributed by atoms with Gasteiger partial charge in [0.2, 0.25) is 0 Å². The number of nitrogen functional groups attached to an aromatic ring is 1. The number of nitrogens with zero attached hydrogens (tertiary/aromatic N) is 3. The molecule has 1 saturated heterocycles. The first-order valence-corrected chi connectivity index (χ1v) is 6.92. The molecule has 6 heteroatoms. The van der Waals surface area contributed by atoms with Crippen LogP contribution < -0.4 is 16.2 Å². The molecule has 0 radical (unpaired) electrons. The molecule has 0 spiro atoms. The number of nitrogens with one attached hydrogen (secondary N) is 1. The van der Waals surface area contributed by atoms with Crippen LogP contribution in [0, 0.1) is 6.92 Å². The lowest BCUT2D eigenvalue weighted by molar-refractivity contribution is 0.154. The first-order chi connectivity index (χ1) is 9.15. The fraction of sp³-hybridized carbons (Fsp3) is 0.692. The van der Waals surface area contributed by atoms with Crippen LogP contribution in [0.5, 0.6) is 0 Å². The summed E-state index contributed by atoms with van der Waals surface area (Å²) in [4.78, 5) is 11.2. The Kier molecular flexibility index (Phi) is 4.55. The van der Waals surface area contributed by atoms with Gasteiger partial charge in [0.05, 0.1) is 6.10 Å². The highest BCUT2D eigenvalue weighted by Crippen LogP contribution is 2.26. The smallest absolute Gasteiger partial charge is 0.148 e. The third-order valence-electron chi connectivity index (χ3n) is 3.47. The topological polar surface area (TPSA) is 87.3 Å². The minimum absolute atomic E-state index is 0.271. The van der Waals surface area contributed by atoms with Crippen molar-refractivity contribution in [3.8, 4) is 0 Å². The average molecular weight is 265 g/mol. The zero-order valence-electron chi connectivity index (χ0n) is 11.7. The van der Waals surface area contributed by atoms with Gasteiger partial charge in [0, 0.05) is 25.1 Å². The molecular formula is C13H23N5O. The molecule has 1 aliphatic heterocycles. The van der Waals surface area contributed by atoms with Crippen molar-refractivity contribution in [2.24, 2.45) is 5.84 Å². The monoisotopic (exact) mass is 265 g/mol. The summed E-state index contributed by atoms with van der Waals surface area (Å²) in [5.74, 6) is 7.90. The number of β-amino-alcohol motifs (C(OH)–C–C–N with tert-alkyl or cyclic N) is 1. The molecule has 1 unspecified atom stereocenters. The van der Waals surface area contributed by atoms with Crippen LogP contribution in [0.1, 0.15) is 37.6 Å². The number of hydrogen-bond acceptors (Lipinski definition) is 6. The van der Waals surface area contributed by atoms with E-state index in [4.69, 9.17) is 5.84 Å². The summed E-state index contributed by atoms with van der Waals surface area (Å²) in [5.41, 5.74) is 3.59. The fourth-order valence-electron chi connectivity index (χ4n) is 2.48. The van der Waals surface area contributed by atoms with E-state index in [0.29, 0.717) is 12.4 Å². The summed E-state index contributed by atoms with van der Waals surface area (Å²) in [7, 11) is 0. The van der Waals surface area contributed by atoms with E-state index in [1.165, 1.54) is 0 Å². The summed E-state index contributed by atoms with van der Waals surface area (Å²) in [6, 6.07) is 0. The largest absolute Gasteiger partial charge is 0.391 e. The number of aliphatic hydroxyl groups is 1. The normalized spacial score (nSPS) is 19.6. The standard InChI is InChI=1S/C13H23N5O/c1-3-5-11-15-12(17-14)9(2)13(16-11)18-7-4-6-10(19)8-18/h10,19H,3-8,14H2,1-2H3,(H,15,16,17). The van der Waals surface area contributed by atoms with Crippen molar-refractivity contribution in [3.05, 3.63) is 11.4 Å². The molecule has 0 aromatic carbocycles. The zero-order chi connectivity index (χ0) is 13.8. The number of piperidine rings is 1. The van der Waals surface area contributed by atoms with E-state index in [1.807, 2.05) is 6.92 Å². The van der Waals surface area contributed by atoms with E-state index in [2.05, 4.69) is 27.2 Å². The molecule has 4 N–H and O–H groups in total. The van der Waals surface area contributed by atoms with Gasteiger partial charge in [-0.05, 0) is 26.2 Å². The fourth-order valence-corrected chi connectivity index (χ4v) is 2.48. The lowest BCUT2D eigenvalue weighted by Gasteiger charge is -2.32. The quantitative estimate of drug-likeness (QED) is 0.556. The number of rotatable bonds is 4. The second-order valence-electron chi connectivity index (χ2n) is 5.07. The first kappa shape index (κ1) is 14.0. The number of anilines is 2. The Labute approximate surface area is 114 Å². The van der Waals surface area contributed by atoms with Crippen LogP contribution in [0.4, 0.5) is 11.6 Å². The number of aryl methyl sites for hydroxylation is 1. The maximum absolute atomic E-state index is 9.81. The highest BCUT2D eigenvalue weighted by atomic mass is 16.3. The Morgan fingerprint density at radius 3 is 2.89 bits per heavy atom. The van der Waals surface area contributed by atoms with Gasteiger partial charge in [0.1, 0.15) is 17.5 Å². The number of hydrazine groups is 1. The van der Waals surface area contributed by atoms with Crippen molar-refractivity contribution < 1.29 is 5.11 Å². The van der Waals surface area contributed by atoms with Crippen LogP contribution in [-0.4, -0.2) is 34.3 Å². The lowest BCUT2D eigenvalue weighted by Crippen LogP contribution is -2.39. The van der Waals surface area contributed by atoms with Crippen molar-refractivity contribution in [3.63, 3.8) is 0 Å². The molecule has 0 amide bonds. The van der Waals surface area contributed by atoms with Gasteiger partial charge in [-0.3, -0.25) is 0 Å². The van der Waals surface area contributed by atoms with Gasteiger partial charge >= 0.3 is 0 Å². The molecule has 1 fully saturated rings. The van der Waals surface area contributed by atoms with Gasteiger partial charge in [-0.2, -0.15) is 0 Å². The van der Waals surface area contributed by atoms with Crippen LogP contribution in [-0.2, 0) is 6.42 Å². The van der Waals surface area contributed by atoms with Crippen LogP contribution in [0.2, 0.25) is 0 Å². The Morgan fingerprint density at radius 1 is 1.47 bits per heavy atom. The second-order valence-corrected chi connectivity index (χ2v) is 5.07. The molecule has 0 bridgehead atoms. The SMILES string of the molecule is CCCc1nc(NN)c(C)c(N2CCCC(O)C2)n1. The van der Waals surface area contributed by atoms with E-state index in [1.54, 1.807) is 0 Å². The van der Waals surface area contributed by atoms with Crippen molar-refractivity contribution in [2.45, 2.75) is 45.6 Å². The number of hydrogen-bond donors (Lipinski definition) is 3. The molecule has 1 aromatic heterocycles. The summed E-state index contributed by atoms with van der Waals surface area (Å²) in [5, 5.41) is 9.81. The number of aromatic nitrogens is 2. The molecule has 19 heavy (non-hydrogen) atoms. The highest BCUT2D eigenvalue weighted by Gasteiger charge is 2.22. The van der Waals surface area contributed by atoms with Gasteiger partial charge < -0.3 is 15.4 Å². The molecule has 2 rings (SSSR count). The van der Waals surface area contributed by atoms with Gasteiger partial charge in [0.25, 0.3) is 0 Å². The average Bonchev–Trinajstić information content (AvgIpc) is 2.41. The molecule has 0 aliphatic carbocycles. The predicted octanol–water partition coefficient (Wildman–Crippen LogP) is 0.984. The molecule has 6 nitrogen and oxygen atoms in total. The van der Waals surface area contributed by atoms with Crippen LogP contribution in [0.3, 0.4) is 0 Å². The minimum Gasteiger partial charge on any atom is -0.391 e. The van der Waals surface area contributed by atoms with Crippen LogP contribution in [0.15, 0.2) is 0 Å². The van der Waals surface area contributed by atoms with Gasteiger partial charge in [-0.1, -0.05) is 6.92 Å². The zero-order valence-corrected chi connectivity index (χ0v) is 11.7. The number of aliphatic hydroxyl groups excluding tert-OH is 1. The summed E-state index contributed by atoms with van der Waals surface area (Å²) < 4.78 is 0. The Morgan fingerprint density at radius 2 is 2.26 bits per heavy atom. The molecule has 2 heterocycles. The highest BCUT2D eigenvalue weighted by molar-refractivity contribution is 5.58.